The van der Waals surface area contributed by atoms with E-state index >= 15 is 0 Å². The zero-order valence-corrected chi connectivity index (χ0v) is 20.5. The third-order valence-corrected chi connectivity index (χ3v) is 7.37. The van der Waals surface area contributed by atoms with E-state index in [4.69, 9.17) is 4.74 Å². The highest BCUT2D eigenvalue weighted by molar-refractivity contribution is 5.47. The van der Waals surface area contributed by atoms with Crippen molar-refractivity contribution in [3.8, 4) is 0 Å². The number of rotatable bonds is 9. The molecule has 3 heterocycles. The summed E-state index contributed by atoms with van der Waals surface area (Å²) >= 11 is 0. The number of aromatic nitrogens is 1. The lowest BCUT2D eigenvalue weighted by molar-refractivity contribution is 0.0576. The molecular weight excluding hydrogens is 456 g/mol. The second-order valence-electron chi connectivity index (χ2n) is 9.71. The topological polar surface area (TPSA) is 28.6 Å². The van der Waals surface area contributed by atoms with E-state index in [2.05, 4.69) is 33.0 Å². The minimum absolute atomic E-state index is 0.281. The van der Waals surface area contributed by atoms with Crippen LogP contribution in [0.2, 0.25) is 0 Å². The molecule has 0 saturated carbocycles. The molecule has 6 heteroatoms. The van der Waals surface area contributed by atoms with Crippen molar-refractivity contribution < 1.29 is 13.5 Å². The lowest BCUT2D eigenvalue weighted by Crippen LogP contribution is -2.40. The summed E-state index contributed by atoms with van der Waals surface area (Å²) in [6.07, 6.45) is 11.4. The summed E-state index contributed by atoms with van der Waals surface area (Å²) in [4.78, 5) is 9.36. The zero-order valence-electron chi connectivity index (χ0n) is 20.5. The van der Waals surface area contributed by atoms with Gasteiger partial charge in [0, 0.05) is 44.1 Å². The SMILES string of the molecule is Fc1ccc(C(OCCN2CCC3CCC(C2)N3CC=Cc2cccnc2)c2ccc(F)cc2)cc1. The van der Waals surface area contributed by atoms with E-state index in [1.54, 1.807) is 30.5 Å². The fourth-order valence-corrected chi connectivity index (χ4v) is 5.49. The lowest BCUT2D eigenvalue weighted by Gasteiger charge is -2.28. The largest absolute Gasteiger partial charge is 0.367 e. The predicted molar refractivity (Wildman–Crippen MR) is 138 cm³/mol. The van der Waals surface area contributed by atoms with Gasteiger partial charge in [0.2, 0.25) is 0 Å². The summed E-state index contributed by atoms with van der Waals surface area (Å²) in [5.74, 6) is -0.563. The number of ether oxygens (including phenoxy) is 1. The smallest absolute Gasteiger partial charge is 0.123 e. The Balaban J connectivity index is 1.18. The van der Waals surface area contributed by atoms with Gasteiger partial charge in [0.1, 0.15) is 17.7 Å². The highest BCUT2D eigenvalue weighted by Crippen LogP contribution is 2.31. The first-order valence-electron chi connectivity index (χ1n) is 12.8. The maximum Gasteiger partial charge on any atom is 0.123 e. The van der Waals surface area contributed by atoms with Crippen LogP contribution < -0.4 is 0 Å². The summed E-state index contributed by atoms with van der Waals surface area (Å²) in [6.45, 7) is 4.45. The molecule has 2 atom stereocenters. The summed E-state index contributed by atoms with van der Waals surface area (Å²) in [5, 5.41) is 0. The van der Waals surface area contributed by atoms with Gasteiger partial charge >= 0.3 is 0 Å². The van der Waals surface area contributed by atoms with E-state index in [-0.39, 0.29) is 17.7 Å². The number of hydrogen-bond donors (Lipinski definition) is 0. The zero-order chi connectivity index (χ0) is 24.7. The maximum absolute atomic E-state index is 13.5. The molecule has 0 radical (unpaired) electrons. The van der Waals surface area contributed by atoms with Crippen LogP contribution in [0.15, 0.2) is 79.1 Å². The Morgan fingerprint density at radius 3 is 2.28 bits per heavy atom. The maximum atomic E-state index is 13.5. The number of hydrogen-bond acceptors (Lipinski definition) is 4. The van der Waals surface area contributed by atoms with Crippen LogP contribution in [0.3, 0.4) is 0 Å². The Labute approximate surface area is 212 Å². The Hall–Kier alpha value is -2.93. The monoisotopic (exact) mass is 489 g/mol. The van der Waals surface area contributed by atoms with Gasteiger partial charge in [0.15, 0.2) is 0 Å². The molecule has 4 nitrogen and oxygen atoms in total. The van der Waals surface area contributed by atoms with E-state index in [1.165, 1.54) is 37.1 Å². The molecule has 2 aromatic carbocycles. The third-order valence-electron chi connectivity index (χ3n) is 7.37. The highest BCUT2D eigenvalue weighted by atomic mass is 19.1. The number of halogens is 2. The van der Waals surface area contributed by atoms with Crippen molar-refractivity contribution in [2.24, 2.45) is 0 Å². The molecule has 1 aromatic heterocycles. The molecule has 3 aromatic rings. The molecule has 36 heavy (non-hydrogen) atoms. The fourth-order valence-electron chi connectivity index (χ4n) is 5.49. The van der Waals surface area contributed by atoms with Crippen LogP contribution in [-0.4, -0.2) is 59.7 Å². The molecule has 0 spiro atoms. The minimum atomic E-state index is -0.358. The van der Waals surface area contributed by atoms with E-state index in [0.717, 1.165) is 49.3 Å². The first kappa shape index (κ1) is 24.8. The molecule has 2 bridgehead atoms. The van der Waals surface area contributed by atoms with Crippen LogP contribution in [-0.2, 0) is 4.74 Å². The van der Waals surface area contributed by atoms with Gasteiger partial charge in [-0.1, -0.05) is 42.5 Å². The molecule has 0 aliphatic carbocycles. The molecule has 2 aliphatic heterocycles. The standard InChI is InChI=1S/C30H33F2N3O/c31-26-9-5-24(6-10-26)30(25-7-11-27(32)12-8-25)36-20-19-34-18-15-28-13-14-29(22-34)35(28)17-2-4-23-3-1-16-33-21-23/h1-12,16,21,28-30H,13-15,17-20,22H2. The van der Waals surface area contributed by atoms with Gasteiger partial charge in [0.05, 0.1) is 6.61 Å². The molecule has 2 fully saturated rings. The number of likely N-dealkylation sites (tertiary alicyclic amines) is 1. The van der Waals surface area contributed by atoms with Crippen LogP contribution in [0.5, 0.6) is 0 Å². The summed E-state index contributed by atoms with van der Waals surface area (Å²) in [6, 6.07) is 18.0. The van der Waals surface area contributed by atoms with Gasteiger partial charge in [-0.15, -0.1) is 0 Å². The number of fused-ring (bicyclic) bond motifs is 2. The van der Waals surface area contributed by atoms with Crippen molar-refractivity contribution >= 4 is 6.08 Å². The van der Waals surface area contributed by atoms with Crippen molar-refractivity contribution in [3.63, 3.8) is 0 Å². The fraction of sp³-hybridized carbons (Fsp3) is 0.367. The average Bonchev–Trinajstić information content (AvgIpc) is 3.18. The second-order valence-corrected chi connectivity index (χ2v) is 9.71. The number of nitrogens with zero attached hydrogens (tertiary/aromatic N) is 3. The Bertz CT molecular complexity index is 1080. The van der Waals surface area contributed by atoms with Crippen molar-refractivity contribution in [1.29, 1.82) is 0 Å². The molecule has 5 rings (SSSR count). The van der Waals surface area contributed by atoms with Gasteiger partial charge in [-0.25, -0.2) is 8.78 Å². The summed E-state index contributed by atoms with van der Waals surface area (Å²) in [7, 11) is 0. The van der Waals surface area contributed by atoms with Gasteiger partial charge in [-0.3, -0.25) is 14.8 Å². The molecule has 0 amide bonds. The molecule has 0 N–H and O–H groups in total. The van der Waals surface area contributed by atoms with Gasteiger partial charge in [-0.2, -0.15) is 0 Å². The van der Waals surface area contributed by atoms with Crippen molar-refractivity contribution in [1.82, 2.24) is 14.8 Å². The van der Waals surface area contributed by atoms with Crippen molar-refractivity contribution in [3.05, 3.63) is 107 Å². The van der Waals surface area contributed by atoms with Crippen molar-refractivity contribution in [2.75, 3.05) is 32.8 Å². The van der Waals surface area contributed by atoms with Gasteiger partial charge in [0.25, 0.3) is 0 Å². The lowest BCUT2D eigenvalue weighted by atomic mass is 10.0. The van der Waals surface area contributed by atoms with Gasteiger partial charge in [-0.05, 0) is 72.8 Å². The normalized spacial score (nSPS) is 20.9. The molecule has 2 aliphatic rings. The highest BCUT2D eigenvalue weighted by Gasteiger charge is 2.36. The Morgan fingerprint density at radius 2 is 1.61 bits per heavy atom. The summed E-state index contributed by atoms with van der Waals surface area (Å²) < 4.78 is 33.3. The van der Waals surface area contributed by atoms with E-state index < -0.39 is 0 Å². The first-order chi connectivity index (χ1) is 17.7. The van der Waals surface area contributed by atoms with Crippen LogP contribution in [0.25, 0.3) is 6.08 Å². The van der Waals surface area contributed by atoms with Crippen LogP contribution >= 0.6 is 0 Å². The van der Waals surface area contributed by atoms with Crippen LogP contribution in [0, 0.1) is 11.6 Å². The average molecular weight is 490 g/mol. The molecule has 2 saturated heterocycles. The second kappa shape index (κ2) is 11.9. The number of benzene rings is 2. The van der Waals surface area contributed by atoms with Crippen LogP contribution in [0.4, 0.5) is 8.78 Å². The van der Waals surface area contributed by atoms with E-state index in [9.17, 15) is 8.78 Å². The third kappa shape index (κ3) is 6.25. The van der Waals surface area contributed by atoms with Crippen LogP contribution in [0.1, 0.15) is 42.1 Å². The molecule has 2 unspecified atom stereocenters. The number of pyridine rings is 1. The van der Waals surface area contributed by atoms with E-state index in [1.807, 2.05) is 12.3 Å². The minimum Gasteiger partial charge on any atom is -0.367 e. The van der Waals surface area contributed by atoms with E-state index in [0.29, 0.717) is 18.7 Å². The quantitative estimate of drug-likeness (QED) is 0.385. The molecule has 188 valence electrons. The summed E-state index contributed by atoms with van der Waals surface area (Å²) in [5.41, 5.74) is 2.87. The first-order valence-corrected chi connectivity index (χ1v) is 12.8. The molecular formula is C30H33F2N3O. The van der Waals surface area contributed by atoms with Crippen molar-refractivity contribution in [2.45, 2.75) is 37.5 Å². The Kier molecular flexibility index (Phi) is 8.16. The predicted octanol–water partition coefficient (Wildman–Crippen LogP) is 5.72. The Morgan fingerprint density at radius 1 is 0.917 bits per heavy atom. The van der Waals surface area contributed by atoms with Gasteiger partial charge < -0.3 is 4.74 Å².